The second kappa shape index (κ2) is 9.10. The monoisotopic (exact) mass is 295 g/mol. The van der Waals surface area contributed by atoms with Crippen molar-refractivity contribution in [2.45, 2.75) is 39.0 Å². The van der Waals surface area contributed by atoms with Gasteiger partial charge in [0.2, 0.25) is 5.91 Å². The third-order valence-corrected chi connectivity index (χ3v) is 3.25. The lowest BCUT2D eigenvalue weighted by Gasteiger charge is -2.12. The lowest BCUT2D eigenvalue weighted by atomic mass is 10.0. The Morgan fingerprint density at radius 2 is 2.05 bits per heavy atom. The van der Waals surface area contributed by atoms with Crippen molar-refractivity contribution in [3.05, 3.63) is 35.6 Å². The Bertz CT molecular complexity index is 476. The van der Waals surface area contributed by atoms with Crippen molar-refractivity contribution in [1.29, 1.82) is 0 Å². The molecular weight excluding hydrogens is 273 g/mol. The number of unbranched alkanes of at least 4 members (excludes halogenated alkanes) is 2. The molecule has 0 bridgehead atoms. The van der Waals surface area contributed by atoms with Crippen LogP contribution in [0.15, 0.2) is 24.3 Å². The van der Waals surface area contributed by atoms with E-state index in [2.05, 4.69) is 5.32 Å². The summed E-state index contributed by atoms with van der Waals surface area (Å²) in [5, 5.41) is 11.3. The van der Waals surface area contributed by atoms with Crippen LogP contribution in [-0.4, -0.2) is 23.5 Å². The van der Waals surface area contributed by atoms with E-state index in [4.69, 9.17) is 5.11 Å². The zero-order valence-electron chi connectivity index (χ0n) is 12.3. The summed E-state index contributed by atoms with van der Waals surface area (Å²) in [4.78, 5) is 22.2. The molecule has 0 aliphatic heterocycles. The van der Waals surface area contributed by atoms with Gasteiger partial charge in [-0.3, -0.25) is 9.59 Å². The number of amides is 1. The average Bonchev–Trinajstić information content (AvgIpc) is 2.42. The van der Waals surface area contributed by atoms with Crippen molar-refractivity contribution >= 4 is 11.9 Å². The zero-order chi connectivity index (χ0) is 15.7. The molecule has 1 amide bonds. The van der Waals surface area contributed by atoms with Gasteiger partial charge in [-0.2, -0.15) is 0 Å². The van der Waals surface area contributed by atoms with E-state index in [1.807, 2.05) is 6.92 Å². The molecule has 1 aromatic carbocycles. The van der Waals surface area contributed by atoms with Crippen LogP contribution in [0, 0.1) is 11.7 Å². The Morgan fingerprint density at radius 1 is 1.29 bits per heavy atom. The maximum Gasteiger partial charge on any atom is 0.303 e. The van der Waals surface area contributed by atoms with Gasteiger partial charge < -0.3 is 10.4 Å². The predicted octanol–water partition coefficient (Wildman–Crippen LogP) is 2.77. The molecule has 0 saturated carbocycles. The largest absolute Gasteiger partial charge is 0.481 e. The van der Waals surface area contributed by atoms with Gasteiger partial charge in [-0.05, 0) is 37.0 Å². The van der Waals surface area contributed by atoms with Crippen LogP contribution in [0.1, 0.15) is 38.2 Å². The van der Waals surface area contributed by atoms with Crippen LogP contribution in [-0.2, 0) is 16.0 Å². The molecule has 0 aliphatic rings. The lowest BCUT2D eigenvalue weighted by Crippen LogP contribution is -2.31. The van der Waals surface area contributed by atoms with Crippen molar-refractivity contribution in [3.63, 3.8) is 0 Å². The fourth-order valence-corrected chi connectivity index (χ4v) is 2.07. The molecular formula is C16H22FNO3. The number of hydrogen-bond donors (Lipinski definition) is 2. The first-order valence-corrected chi connectivity index (χ1v) is 7.23. The summed E-state index contributed by atoms with van der Waals surface area (Å²) in [7, 11) is 0. The van der Waals surface area contributed by atoms with Gasteiger partial charge in [0.15, 0.2) is 0 Å². The smallest absolute Gasteiger partial charge is 0.303 e. The molecule has 4 nitrogen and oxygen atoms in total. The van der Waals surface area contributed by atoms with E-state index < -0.39 is 5.97 Å². The number of carboxylic acid groups (broad SMARTS) is 1. The Labute approximate surface area is 124 Å². The van der Waals surface area contributed by atoms with Gasteiger partial charge in [0.05, 0.1) is 0 Å². The molecule has 0 radical (unpaired) electrons. The molecule has 116 valence electrons. The van der Waals surface area contributed by atoms with Crippen LogP contribution >= 0.6 is 0 Å². The maximum absolute atomic E-state index is 13.1. The fourth-order valence-electron chi connectivity index (χ4n) is 2.07. The van der Waals surface area contributed by atoms with E-state index in [1.165, 1.54) is 12.1 Å². The van der Waals surface area contributed by atoms with E-state index in [-0.39, 0.29) is 24.1 Å². The first-order chi connectivity index (χ1) is 9.99. The Balaban J connectivity index is 2.21. The predicted molar refractivity (Wildman–Crippen MR) is 78.4 cm³/mol. The van der Waals surface area contributed by atoms with Crippen molar-refractivity contribution in [3.8, 4) is 0 Å². The first-order valence-electron chi connectivity index (χ1n) is 7.23. The topological polar surface area (TPSA) is 66.4 Å². The summed E-state index contributed by atoms with van der Waals surface area (Å²) >= 11 is 0. The number of benzene rings is 1. The number of carbonyl (C=O) groups excluding carboxylic acids is 1. The van der Waals surface area contributed by atoms with Crippen molar-refractivity contribution in [2.24, 2.45) is 5.92 Å². The molecule has 0 fully saturated rings. The first kappa shape index (κ1) is 17.1. The van der Waals surface area contributed by atoms with E-state index in [0.29, 0.717) is 19.4 Å². The number of nitrogens with one attached hydrogen (secondary N) is 1. The normalized spacial score (nSPS) is 11.9. The van der Waals surface area contributed by atoms with Crippen molar-refractivity contribution in [1.82, 2.24) is 5.32 Å². The van der Waals surface area contributed by atoms with Crippen LogP contribution < -0.4 is 5.32 Å². The highest BCUT2D eigenvalue weighted by molar-refractivity contribution is 5.78. The number of rotatable bonds is 9. The van der Waals surface area contributed by atoms with E-state index >= 15 is 0 Å². The SMILES string of the molecule is CC(Cc1cccc(F)c1)C(=O)NCCCCCC(=O)O. The molecule has 0 heterocycles. The third kappa shape index (κ3) is 7.44. The summed E-state index contributed by atoms with van der Waals surface area (Å²) in [6, 6.07) is 6.26. The summed E-state index contributed by atoms with van der Waals surface area (Å²) in [5.74, 6) is -1.36. The van der Waals surface area contributed by atoms with Crippen LogP contribution in [0.25, 0.3) is 0 Å². The second-order valence-electron chi connectivity index (χ2n) is 5.23. The second-order valence-corrected chi connectivity index (χ2v) is 5.23. The Kier molecular flexibility index (Phi) is 7.43. The summed E-state index contributed by atoms with van der Waals surface area (Å²) in [5.41, 5.74) is 0.805. The highest BCUT2D eigenvalue weighted by Gasteiger charge is 2.13. The van der Waals surface area contributed by atoms with Crippen molar-refractivity contribution in [2.75, 3.05) is 6.54 Å². The fraction of sp³-hybridized carbons (Fsp3) is 0.500. The molecule has 2 N–H and O–H groups in total. The quantitative estimate of drug-likeness (QED) is 0.688. The van der Waals surface area contributed by atoms with Crippen LogP contribution in [0.5, 0.6) is 0 Å². The molecule has 0 spiro atoms. The minimum atomic E-state index is -0.789. The minimum absolute atomic E-state index is 0.0579. The summed E-state index contributed by atoms with van der Waals surface area (Å²) in [6.45, 7) is 2.36. The third-order valence-electron chi connectivity index (χ3n) is 3.25. The van der Waals surface area contributed by atoms with Gasteiger partial charge in [-0.15, -0.1) is 0 Å². The number of hydrogen-bond acceptors (Lipinski definition) is 2. The molecule has 5 heteroatoms. The Morgan fingerprint density at radius 3 is 2.71 bits per heavy atom. The van der Waals surface area contributed by atoms with Crippen LogP contribution in [0.4, 0.5) is 4.39 Å². The van der Waals surface area contributed by atoms with Crippen LogP contribution in [0.2, 0.25) is 0 Å². The molecule has 0 aliphatic carbocycles. The number of halogens is 1. The number of carboxylic acids is 1. The molecule has 1 atom stereocenters. The maximum atomic E-state index is 13.1. The average molecular weight is 295 g/mol. The van der Waals surface area contributed by atoms with Gasteiger partial charge in [0.1, 0.15) is 5.82 Å². The highest BCUT2D eigenvalue weighted by atomic mass is 19.1. The Hall–Kier alpha value is -1.91. The molecule has 0 aromatic heterocycles. The van der Waals surface area contributed by atoms with E-state index in [1.54, 1.807) is 12.1 Å². The highest BCUT2D eigenvalue weighted by Crippen LogP contribution is 2.10. The van der Waals surface area contributed by atoms with Gasteiger partial charge in [-0.1, -0.05) is 25.5 Å². The molecule has 1 rings (SSSR count). The standard InChI is InChI=1S/C16H22FNO3/c1-12(10-13-6-5-7-14(17)11-13)16(21)18-9-4-2-3-8-15(19)20/h5-7,11-12H,2-4,8-10H2,1H3,(H,18,21)(H,19,20). The van der Waals surface area contributed by atoms with Gasteiger partial charge in [0.25, 0.3) is 0 Å². The van der Waals surface area contributed by atoms with Gasteiger partial charge in [0, 0.05) is 18.9 Å². The molecule has 0 saturated heterocycles. The van der Waals surface area contributed by atoms with Gasteiger partial charge in [-0.25, -0.2) is 4.39 Å². The molecule has 21 heavy (non-hydrogen) atoms. The lowest BCUT2D eigenvalue weighted by molar-refractivity contribution is -0.137. The zero-order valence-corrected chi connectivity index (χ0v) is 12.3. The number of carbonyl (C=O) groups is 2. The van der Waals surface area contributed by atoms with Crippen molar-refractivity contribution < 1.29 is 19.1 Å². The van der Waals surface area contributed by atoms with Gasteiger partial charge >= 0.3 is 5.97 Å². The summed E-state index contributed by atoms with van der Waals surface area (Å²) < 4.78 is 13.1. The molecule has 1 unspecified atom stereocenters. The molecule has 1 aromatic rings. The summed E-state index contributed by atoms with van der Waals surface area (Å²) in [6.07, 6.45) is 2.85. The minimum Gasteiger partial charge on any atom is -0.481 e. The van der Waals surface area contributed by atoms with Crippen LogP contribution in [0.3, 0.4) is 0 Å². The van der Waals surface area contributed by atoms with E-state index in [0.717, 1.165) is 18.4 Å². The van der Waals surface area contributed by atoms with E-state index in [9.17, 15) is 14.0 Å². The number of aliphatic carboxylic acids is 1.